The summed E-state index contributed by atoms with van der Waals surface area (Å²) in [5.74, 6) is 0.727. The van der Waals surface area contributed by atoms with E-state index in [0.717, 1.165) is 38.8 Å². The van der Waals surface area contributed by atoms with Gasteiger partial charge in [0, 0.05) is 37.6 Å². The van der Waals surface area contributed by atoms with Gasteiger partial charge in [0.05, 0.1) is 4.90 Å². The van der Waals surface area contributed by atoms with E-state index in [9.17, 15) is 13.2 Å². The van der Waals surface area contributed by atoms with Gasteiger partial charge in [0.25, 0.3) is 0 Å². The standard InChI is InChI=1S/C20H30ClN3O3S/c1-15-8-11-23(12-9-15)22-20(25)13-17-5-4-10-24(14-17)28(26,27)19-7-3-6-18(21)16(19)2/h3,6-7,15,17H,4-5,8-14H2,1-2H3,(H,22,25). The zero-order chi connectivity index (χ0) is 20.3. The summed E-state index contributed by atoms with van der Waals surface area (Å²) in [6.07, 6.45) is 4.17. The van der Waals surface area contributed by atoms with Crippen molar-refractivity contribution < 1.29 is 13.2 Å². The Kier molecular flexibility index (Phi) is 7.02. The van der Waals surface area contributed by atoms with Crippen molar-refractivity contribution in [1.82, 2.24) is 14.7 Å². The van der Waals surface area contributed by atoms with E-state index in [0.29, 0.717) is 36.0 Å². The van der Waals surface area contributed by atoms with E-state index < -0.39 is 10.0 Å². The van der Waals surface area contributed by atoms with Gasteiger partial charge in [-0.2, -0.15) is 4.31 Å². The van der Waals surface area contributed by atoms with Gasteiger partial charge in [0.2, 0.25) is 15.9 Å². The molecule has 156 valence electrons. The Morgan fingerprint density at radius 3 is 2.64 bits per heavy atom. The number of carbonyl (C=O) groups is 1. The first kappa shape index (κ1) is 21.6. The van der Waals surface area contributed by atoms with Crippen LogP contribution in [0.3, 0.4) is 0 Å². The minimum Gasteiger partial charge on any atom is -0.289 e. The first-order chi connectivity index (χ1) is 13.3. The molecular formula is C20H30ClN3O3S. The molecule has 0 radical (unpaired) electrons. The largest absolute Gasteiger partial charge is 0.289 e. The fourth-order valence-corrected chi connectivity index (χ4v) is 6.06. The van der Waals surface area contributed by atoms with Crippen LogP contribution in [0, 0.1) is 18.8 Å². The van der Waals surface area contributed by atoms with Crippen molar-refractivity contribution in [2.24, 2.45) is 11.8 Å². The number of hydrogen-bond donors (Lipinski definition) is 1. The number of sulfonamides is 1. The first-order valence-corrected chi connectivity index (χ1v) is 11.9. The highest BCUT2D eigenvalue weighted by atomic mass is 35.5. The summed E-state index contributed by atoms with van der Waals surface area (Å²) in [6.45, 7) is 6.58. The second-order valence-corrected chi connectivity index (χ2v) is 10.5. The van der Waals surface area contributed by atoms with Crippen LogP contribution in [-0.2, 0) is 14.8 Å². The third kappa shape index (κ3) is 5.06. The van der Waals surface area contributed by atoms with Crippen LogP contribution in [0.1, 0.15) is 44.6 Å². The molecule has 2 aliphatic rings. The normalized spacial score (nSPS) is 22.9. The van der Waals surface area contributed by atoms with Gasteiger partial charge < -0.3 is 0 Å². The summed E-state index contributed by atoms with van der Waals surface area (Å²) >= 11 is 6.12. The Labute approximate surface area is 173 Å². The van der Waals surface area contributed by atoms with E-state index in [1.54, 1.807) is 25.1 Å². The molecule has 0 bridgehead atoms. The van der Waals surface area contributed by atoms with Gasteiger partial charge in [-0.05, 0) is 62.1 Å². The number of benzene rings is 1. The number of hydrogen-bond acceptors (Lipinski definition) is 4. The third-order valence-electron chi connectivity index (χ3n) is 5.86. The molecule has 1 aromatic carbocycles. The SMILES string of the molecule is Cc1c(Cl)cccc1S(=O)(=O)N1CCCC(CC(=O)NN2CCC(C)CC2)C1. The average Bonchev–Trinajstić information content (AvgIpc) is 2.66. The van der Waals surface area contributed by atoms with Gasteiger partial charge in [0.15, 0.2) is 0 Å². The van der Waals surface area contributed by atoms with Gasteiger partial charge in [-0.3, -0.25) is 10.2 Å². The fraction of sp³-hybridized carbons (Fsp3) is 0.650. The molecule has 3 rings (SSSR count). The third-order valence-corrected chi connectivity index (χ3v) is 8.28. The molecule has 0 spiro atoms. The summed E-state index contributed by atoms with van der Waals surface area (Å²) < 4.78 is 27.7. The molecule has 1 amide bonds. The zero-order valence-electron chi connectivity index (χ0n) is 16.7. The topological polar surface area (TPSA) is 69.7 Å². The maximum Gasteiger partial charge on any atom is 0.243 e. The van der Waals surface area contributed by atoms with Crippen molar-refractivity contribution in [3.63, 3.8) is 0 Å². The molecule has 0 aliphatic carbocycles. The summed E-state index contributed by atoms with van der Waals surface area (Å²) in [5.41, 5.74) is 3.57. The Morgan fingerprint density at radius 2 is 1.93 bits per heavy atom. The average molecular weight is 428 g/mol. The van der Waals surface area contributed by atoms with Crippen LogP contribution in [0.25, 0.3) is 0 Å². The van der Waals surface area contributed by atoms with E-state index in [1.165, 1.54) is 4.31 Å². The number of hydrazine groups is 1. The van der Waals surface area contributed by atoms with Gasteiger partial charge in [-0.15, -0.1) is 0 Å². The van der Waals surface area contributed by atoms with Crippen molar-refractivity contribution in [2.75, 3.05) is 26.2 Å². The number of nitrogens with one attached hydrogen (secondary N) is 1. The lowest BCUT2D eigenvalue weighted by molar-refractivity contribution is -0.127. The van der Waals surface area contributed by atoms with Crippen molar-refractivity contribution >= 4 is 27.5 Å². The lowest BCUT2D eigenvalue weighted by Crippen LogP contribution is -2.48. The van der Waals surface area contributed by atoms with Gasteiger partial charge in [-0.25, -0.2) is 13.4 Å². The number of nitrogens with zero attached hydrogens (tertiary/aromatic N) is 2. The molecule has 2 fully saturated rings. The summed E-state index contributed by atoms with van der Waals surface area (Å²) in [6, 6.07) is 4.96. The molecule has 1 atom stereocenters. The minimum absolute atomic E-state index is 0.0160. The highest BCUT2D eigenvalue weighted by Crippen LogP contribution is 2.29. The van der Waals surface area contributed by atoms with Gasteiger partial charge in [-0.1, -0.05) is 24.6 Å². The highest BCUT2D eigenvalue weighted by molar-refractivity contribution is 7.89. The maximum absolute atomic E-state index is 13.1. The molecule has 8 heteroatoms. The van der Waals surface area contributed by atoms with Crippen LogP contribution in [-0.4, -0.2) is 49.8 Å². The fourth-order valence-electron chi connectivity index (χ4n) is 4.02. The van der Waals surface area contributed by atoms with E-state index in [-0.39, 0.29) is 16.7 Å². The van der Waals surface area contributed by atoms with E-state index >= 15 is 0 Å². The van der Waals surface area contributed by atoms with E-state index in [1.807, 2.05) is 5.01 Å². The van der Waals surface area contributed by atoms with Crippen molar-refractivity contribution in [3.05, 3.63) is 28.8 Å². The Morgan fingerprint density at radius 1 is 1.21 bits per heavy atom. The van der Waals surface area contributed by atoms with Crippen molar-refractivity contribution in [3.8, 4) is 0 Å². The van der Waals surface area contributed by atoms with Crippen LogP contribution in [0.5, 0.6) is 0 Å². The van der Waals surface area contributed by atoms with Crippen LogP contribution < -0.4 is 5.43 Å². The molecule has 1 unspecified atom stereocenters. The summed E-state index contributed by atoms with van der Waals surface area (Å²) in [4.78, 5) is 12.7. The second kappa shape index (κ2) is 9.11. The highest BCUT2D eigenvalue weighted by Gasteiger charge is 2.32. The molecule has 2 saturated heterocycles. The first-order valence-electron chi connectivity index (χ1n) is 10.1. The molecule has 2 aliphatic heterocycles. The minimum atomic E-state index is -3.61. The molecule has 28 heavy (non-hydrogen) atoms. The van der Waals surface area contributed by atoms with Crippen LogP contribution >= 0.6 is 11.6 Å². The second-order valence-electron chi connectivity index (χ2n) is 8.14. The molecular weight excluding hydrogens is 398 g/mol. The molecule has 0 aromatic heterocycles. The maximum atomic E-state index is 13.1. The molecule has 1 N–H and O–H groups in total. The number of carbonyl (C=O) groups excluding carboxylic acids is 1. The number of rotatable bonds is 5. The smallest absolute Gasteiger partial charge is 0.243 e. The number of piperidine rings is 2. The quantitative estimate of drug-likeness (QED) is 0.783. The summed E-state index contributed by atoms with van der Waals surface area (Å²) in [5, 5.41) is 2.44. The van der Waals surface area contributed by atoms with Gasteiger partial charge >= 0.3 is 0 Å². The zero-order valence-corrected chi connectivity index (χ0v) is 18.2. The Bertz CT molecular complexity index is 807. The lowest BCUT2D eigenvalue weighted by atomic mass is 9.96. The van der Waals surface area contributed by atoms with Crippen LogP contribution in [0.4, 0.5) is 0 Å². The van der Waals surface area contributed by atoms with Crippen LogP contribution in [0.2, 0.25) is 5.02 Å². The predicted octanol–water partition coefficient (Wildman–Crippen LogP) is 3.20. The summed E-state index contributed by atoms with van der Waals surface area (Å²) in [7, 11) is -3.61. The molecule has 2 heterocycles. The molecule has 6 nitrogen and oxygen atoms in total. The predicted molar refractivity (Wildman–Crippen MR) is 110 cm³/mol. The number of amides is 1. The van der Waals surface area contributed by atoms with Crippen molar-refractivity contribution in [1.29, 1.82) is 0 Å². The number of halogens is 1. The van der Waals surface area contributed by atoms with Gasteiger partial charge in [0.1, 0.15) is 0 Å². The van der Waals surface area contributed by atoms with E-state index in [4.69, 9.17) is 11.6 Å². The lowest BCUT2D eigenvalue weighted by Gasteiger charge is -2.33. The molecule has 0 saturated carbocycles. The van der Waals surface area contributed by atoms with E-state index in [2.05, 4.69) is 12.3 Å². The van der Waals surface area contributed by atoms with Crippen LogP contribution in [0.15, 0.2) is 23.1 Å². The van der Waals surface area contributed by atoms with Crippen molar-refractivity contribution in [2.45, 2.75) is 50.8 Å². The monoisotopic (exact) mass is 427 g/mol. The Balaban J connectivity index is 1.60. The molecule has 1 aromatic rings. The Hall–Kier alpha value is -1.15.